The first-order valence-electron chi connectivity index (χ1n) is 12.8. The number of nitrogens with zero attached hydrogens (tertiary/aromatic N) is 4. The number of hydrogen-bond donors (Lipinski definition) is 4. The Labute approximate surface area is 214 Å². The van der Waals surface area contributed by atoms with Gasteiger partial charge in [0, 0.05) is 36.4 Å². The van der Waals surface area contributed by atoms with Crippen molar-refractivity contribution < 1.29 is 9.50 Å². The molecule has 37 heavy (non-hydrogen) atoms. The van der Waals surface area contributed by atoms with Gasteiger partial charge in [0.15, 0.2) is 12.1 Å². The summed E-state index contributed by atoms with van der Waals surface area (Å²) in [6, 6.07) is 9.02. The summed E-state index contributed by atoms with van der Waals surface area (Å²) in [5.41, 5.74) is 2.55. The third-order valence-corrected chi connectivity index (χ3v) is 7.48. The van der Waals surface area contributed by atoms with E-state index in [1.807, 2.05) is 13.8 Å². The number of hydrogen-bond acceptors (Lipinski definition) is 7. The summed E-state index contributed by atoms with van der Waals surface area (Å²) in [7, 11) is 0. The molecule has 10 heteroatoms. The molecular formula is C27H32FN7O2. The Morgan fingerprint density at radius 3 is 2.73 bits per heavy atom. The lowest BCUT2D eigenvalue weighted by atomic mass is 9.88. The highest BCUT2D eigenvalue weighted by molar-refractivity contribution is 5.89. The lowest BCUT2D eigenvalue weighted by Crippen LogP contribution is -2.34. The Kier molecular flexibility index (Phi) is 5.33. The first kappa shape index (κ1) is 23.9. The maximum absolute atomic E-state index is 14.5. The van der Waals surface area contributed by atoms with Gasteiger partial charge in [-0.25, -0.2) is 23.7 Å². The highest BCUT2D eigenvalue weighted by Crippen LogP contribution is 2.50. The molecule has 1 fully saturated rings. The summed E-state index contributed by atoms with van der Waals surface area (Å²) >= 11 is 0. The smallest absolute Gasteiger partial charge is 0.278 e. The molecule has 0 amide bonds. The van der Waals surface area contributed by atoms with E-state index in [1.54, 1.807) is 15.6 Å². The van der Waals surface area contributed by atoms with Gasteiger partial charge in [0.05, 0.1) is 0 Å². The maximum atomic E-state index is 14.5. The van der Waals surface area contributed by atoms with Gasteiger partial charge in [-0.2, -0.15) is 0 Å². The quantitative estimate of drug-likeness (QED) is 0.424. The van der Waals surface area contributed by atoms with Gasteiger partial charge < -0.3 is 21.1 Å². The minimum absolute atomic E-state index is 0.0922. The third-order valence-electron chi connectivity index (χ3n) is 7.48. The largest absolute Gasteiger partial charge is 0.384 e. The van der Waals surface area contributed by atoms with Gasteiger partial charge in [-0.05, 0) is 75.9 Å². The fourth-order valence-electron chi connectivity index (χ4n) is 5.48. The van der Waals surface area contributed by atoms with E-state index in [1.165, 1.54) is 49.9 Å². The van der Waals surface area contributed by atoms with Gasteiger partial charge in [0.2, 0.25) is 0 Å². The van der Waals surface area contributed by atoms with Crippen LogP contribution in [0.4, 0.5) is 15.9 Å². The van der Waals surface area contributed by atoms with Crippen molar-refractivity contribution in [2.24, 2.45) is 4.99 Å². The Hall–Kier alpha value is -3.50. The molecule has 1 aliphatic carbocycles. The van der Waals surface area contributed by atoms with Crippen molar-refractivity contribution in [3.05, 3.63) is 68.9 Å². The standard InChI is InChI=1S/C27H32FN7O2/c1-15(2)34-24(36)18-13-30-25(31-17-5-6-19-16(11-17)12-29-14-27(19)9-10-27)33-23(18)35(34)21-8-7-20(28)22(32-21)26(3,4)37/h5-8,11,13,15,25,29,31,33,37H,9-10,12,14H2,1-4H3. The number of anilines is 2. The second-order valence-electron chi connectivity index (χ2n) is 11.1. The van der Waals surface area contributed by atoms with Crippen LogP contribution in [0.15, 0.2) is 40.1 Å². The van der Waals surface area contributed by atoms with Crippen molar-refractivity contribution in [2.45, 2.75) is 70.4 Å². The molecule has 0 saturated heterocycles. The molecule has 2 aliphatic heterocycles. The molecule has 4 N–H and O–H groups in total. The van der Waals surface area contributed by atoms with Crippen LogP contribution in [0.1, 0.15) is 69.0 Å². The van der Waals surface area contributed by atoms with E-state index in [4.69, 9.17) is 0 Å². The van der Waals surface area contributed by atoms with Gasteiger partial charge in [0.1, 0.15) is 28.5 Å². The minimum Gasteiger partial charge on any atom is -0.384 e. The van der Waals surface area contributed by atoms with Crippen LogP contribution in [0.25, 0.3) is 5.82 Å². The van der Waals surface area contributed by atoms with E-state index in [9.17, 15) is 14.3 Å². The molecule has 3 aromatic rings. The zero-order valence-corrected chi connectivity index (χ0v) is 21.5. The Balaban J connectivity index is 1.36. The molecule has 0 bridgehead atoms. The highest BCUT2D eigenvalue weighted by Gasteiger charge is 2.46. The van der Waals surface area contributed by atoms with Gasteiger partial charge in [-0.3, -0.25) is 4.79 Å². The van der Waals surface area contributed by atoms with Gasteiger partial charge >= 0.3 is 0 Å². The number of aliphatic hydroxyl groups is 1. The van der Waals surface area contributed by atoms with Gasteiger partial charge in [-0.1, -0.05) is 6.07 Å². The number of halogens is 1. The molecule has 1 unspecified atom stereocenters. The summed E-state index contributed by atoms with van der Waals surface area (Å²) in [5.74, 6) is 0.213. The van der Waals surface area contributed by atoms with E-state index in [0.717, 1.165) is 18.8 Å². The Morgan fingerprint density at radius 1 is 1.24 bits per heavy atom. The maximum Gasteiger partial charge on any atom is 0.278 e. The zero-order valence-electron chi connectivity index (χ0n) is 21.5. The summed E-state index contributed by atoms with van der Waals surface area (Å²) in [5, 5.41) is 20.7. The SMILES string of the molecule is CC(C)n1c(=O)c2c(n1-c1ccc(F)c(C(C)(C)O)n1)NC(Nc1ccc3c(c1)CNCC31CC1)N=C2. The van der Waals surface area contributed by atoms with Crippen LogP contribution in [-0.4, -0.2) is 38.5 Å². The van der Waals surface area contributed by atoms with E-state index in [2.05, 4.69) is 44.1 Å². The highest BCUT2D eigenvalue weighted by atomic mass is 19.1. The van der Waals surface area contributed by atoms with E-state index in [-0.39, 0.29) is 17.3 Å². The molecule has 4 heterocycles. The van der Waals surface area contributed by atoms with E-state index < -0.39 is 17.7 Å². The molecule has 194 valence electrons. The molecule has 3 aliphatic rings. The fourth-order valence-corrected chi connectivity index (χ4v) is 5.48. The van der Waals surface area contributed by atoms with Crippen molar-refractivity contribution in [1.82, 2.24) is 19.7 Å². The summed E-state index contributed by atoms with van der Waals surface area (Å²) in [6.45, 7) is 8.63. The van der Waals surface area contributed by atoms with Crippen LogP contribution < -0.4 is 21.5 Å². The van der Waals surface area contributed by atoms with Crippen molar-refractivity contribution in [3.63, 3.8) is 0 Å². The van der Waals surface area contributed by atoms with Crippen LogP contribution in [0.2, 0.25) is 0 Å². The van der Waals surface area contributed by atoms with Crippen LogP contribution >= 0.6 is 0 Å². The predicted octanol–water partition coefficient (Wildman–Crippen LogP) is 3.36. The molecule has 6 rings (SSSR count). The number of benzene rings is 1. The summed E-state index contributed by atoms with van der Waals surface area (Å²) < 4.78 is 17.7. The lowest BCUT2D eigenvalue weighted by molar-refractivity contribution is 0.0693. The third kappa shape index (κ3) is 3.95. The van der Waals surface area contributed by atoms with Crippen molar-refractivity contribution in [2.75, 3.05) is 17.2 Å². The normalized spacial score (nSPS) is 19.5. The minimum atomic E-state index is -1.49. The number of aromatic nitrogens is 3. The number of rotatable bonds is 5. The molecule has 1 aromatic carbocycles. The second kappa shape index (κ2) is 8.26. The van der Waals surface area contributed by atoms with Crippen molar-refractivity contribution in [1.29, 1.82) is 0 Å². The number of pyridine rings is 1. The Morgan fingerprint density at radius 2 is 2.03 bits per heavy atom. The number of aliphatic imine (C=N–C) groups is 1. The first-order chi connectivity index (χ1) is 17.6. The van der Waals surface area contributed by atoms with Crippen LogP contribution in [-0.2, 0) is 17.6 Å². The average Bonchev–Trinajstić information content (AvgIpc) is 3.54. The second-order valence-corrected chi connectivity index (χ2v) is 11.1. The molecule has 0 radical (unpaired) electrons. The Bertz CT molecular complexity index is 1480. The molecular weight excluding hydrogens is 473 g/mol. The van der Waals surface area contributed by atoms with Crippen molar-refractivity contribution in [3.8, 4) is 5.82 Å². The topological polar surface area (TPSA) is 108 Å². The van der Waals surface area contributed by atoms with Gasteiger partial charge in [0.25, 0.3) is 5.56 Å². The van der Waals surface area contributed by atoms with Crippen LogP contribution in [0.5, 0.6) is 0 Å². The van der Waals surface area contributed by atoms with Crippen LogP contribution in [0, 0.1) is 5.82 Å². The van der Waals surface area contributed by atoms with E-state index in [0.29, 0.717) is 22.6 Å². The number of fused-ring (bicyclic) bond motifs is 3. The number of nitrogens with one attached hydrogen (secondary N) is 3. The molecule has 1 spiro atoms. The average molecular weight is 506 g/mol. The molecule has 1 atom stereocenters. The van der Waals surface area contributed by atoms with Crippen molar-refractivity contribution >= 4 is 17.7 Å². The first-order valence-corrected chi connectivity index (χ1v) is 12.8. The zero-order chi connectivity index (χ0) is 26.1. The predicted molar refractivity (Wildman–Crippen MR) is 141 cm³/mol. The summed E-state index contributed by atoms with van der Waals surface area (Å²) in [4.78, 5) is 22.3. The van der Waals surface area contributed by atoms with Gasteiger partial charge in [-0.15, -0.1) is 0 Å². The molecule has 9 nitrogen and oxygen atoms in total. The van der Waals surface area contributed by atoms with Crippen LogP contribution in [0.3, 0.4) is 0 Å². The monoisotopic (exact) mass is 505 g/mol. The summed E-state index contributed by atoms with van der Waals surface area (Å²) in [6.07, 6.45) is 3.50. The lowest BCUT2D eigenvalue weighted by Gasteiger charge is -2.28. The fraction of sp³-hybridized carbons (Fsp3) is 0.444. The molecule has 2 aromatic heterocycles. The molecule has 1 saturated carbocycles. The van der Waals surface area contributed by atoms with E-state index >= 15 is 0 Å².